The maximum absolute atomic E-state index is 12.2. The number of H-pyrrole nitrogens is 1. The van der Waals surface area contributed by atoms with Gasteiger partial charge in [0, 0.05) is 22.4 Å². The topological polar surface area (TPSA) is 86.3 Å². The molecule has 1 aliphatic carbocycles. The average molecular weight is 402 g/mol. The Kier molecular flexibility index (Phi) is 6.23. The minimum absolute atomic E-state index is 0.0307. The molecular weight excluding hydrogens is 376 g/mol. The summed E-state index contributed by atoms with van der Waals surface area (Å²) in [6.45, 7) is -0.0634. The Morgan fingerprint density at radius 1 is 1.00 bits per heavy atom. The quantitative estimate of drug-likeness (QED) is 0.430. The molecule has 0 aliphatic heterocycles. The van der Waals surface area contributed by atoms with E-state index >= 15 is 0 Å². The minimum Gasteiger partial charge on any atom is -0.354 e. The molecule has 1 saturated carbocycles. The summed E-state index contributed by atoms with van der Waals surface area (Å²) >= 11 is 0. The number of aromatic amines is 1. The third-order valence-electron chi connectivity index (χ3n) is 5.59. The SMILES string of the molecule is O=C(CNC(=O)C1CCCCC1)N/N=C/c1c(-c2ccccc2)[nH]c2ccccc12. The molecule has 154 valence electrons. The number of nitrogens with one attached hydrogen (secondary N) is 3. The molecule has 6 nitrogen and oxygen atoms in total. The smallest absolute Gasteiger partial charge is 0.259 e. The van der Waals surface area contributed by atoms with Crippen LogP contribution in [0.2, 0.25) is 0 Å². The number of amides is 2. The number of benzene rings is 2. The van der Waals surface area contributed by atoms with Gasteiger partial charge in [0.15, 0.2) is 0 Å². The summed E-state index contributed by atoms with van der Waals surface area (Å²) in [6.07, 6.45) is 6.84. The summed E-state index contributed by atoms with van der Waals surface area (Å²) < 4.78 is 0. The molecule has 30 heavy (non-hydrogen) atoms. The van der Waals surface area contributed by atoms with E-state index in [1.54, 1.807) is 6.21 Å². The van der Waals surface area contributed by atoms with Gasteiger partial charge in [-0.1, -0.05) is 67.8 Å². The highest BCUT2D eigenvalue weighted by atomic mass is 16.2. The van der Waals surface area contributed by atoms with E-state index in [4.69, 9.17) is 0 Å². The van der Waals surface area contributed by atoms with Gasteiger partial charge in [0.1, 0.15) is 0 Å². The first-order valence-corrected chi connectivity index (χ1v) is 10.5. The second-order valence-electron chi connectivity index (χ2n) is 7.67. The van der Waals surface area contributed by atoms with Gasteiger partial charge in [-0.05, 0) is 24.5 Å². The summed E-state index contributed by atoms with van der Waals surface area (Å²) in [6, 6.07) is 18.0. The summed E-state index contributed by atoms with van der Waals surface area (Å²) in [5.41, 5.74) is 6.42. The molecular formula is C24H26N4O2. The summed E-state index contributed by atoms with van der Waals surface area (Å²) in [5, 5.41) is 7.90. The standard InChI is InChI=1S/C24H26N4O2/c29-22(16-25-24(30)18-11-5-2-6-12-18)28-26-15-20-19-13-7-8-14-21(19)27-23(20)17-9-3-1-4-10-17/h1,3-4,7-10,13-15,18,27H,2,5-6,11-12,16H2,(H,25,30)(H,28,29)/b26-15+. The zero-order valence-corrected chi connectivity index (χ0v) is 16.9. The highest BCUT2D eigenvalue weighted by Crippen LogP contribution is 2.29. The summed E-state index contributed by atoms with van der Waals surface area (Å²) in [4.78, 5) is 27.7. The molecule has 1 heterocycles. The van der Waals surface area contributed by atoms with Crippen molar-refractivity contribution in [1.82, 2.24) is 15.7 Å². The lowest BCUT2D eigenvalue weighted by Crippen LogP contribution is -2.38. The number of rotatable bonds is 6. The first-order valence-electron chi connectivity index (χ1n) is 10.5. The van der Waals surface area contributed by atoms with Crippen LogP contribution < -0.4 is 10.7 Å². The molecule has 0 spiro atoms. The third-order valence-corrected chi connectivity index (χ3v) is 5.59. The van der Waals surface area contributed by atoms with Crippen molar-refractivity contribution in [2.75, 3.05) is 6.54 Å². The Balaban J connectivity index is 1.42. The van der Waals surface area contributed by atoms with E-state index in [2.05, 4.69) is 20.8 Å². The lowest BCUT2D eigenvalue weighted by molar-refractivity contribution is -0.129. The van der Waals surface area contributed by atoms with Crippen molar-refractivity contribution in [1.29, 1.82) is 0 Å². The van der Waals surface area contributed by atoms with Crippen molar-refractivity contribution in [3.05, 3.63) is 60.2 Å². The van der Waals surface area contributed by atoms with Crippen molar-refractivity contribution in [2.24, 2.45) is 11.0 Å². The summed E-state index contributed by atoms with van der Waals surface area (Å²) in [7, 11) is 0. The number of hydrogen-bond donors (Lipinski definition) is 3. The predicted molar refractivity (Wildman–Crippen MR) is 119 cm³/mol. The van der Waals surface area contributed by atoms with Gasteiger partial charge in [-0.25, -0.2) is 5.43 Å². The monoisotopic (exact) mass is 402 g/mol. The van der Waals surface area contributed by atoms with E-state index in [-0.39, 0.29) is 24.3 Å². The Morgan fingerprint density at radius 2 is 1.73 bits per heavy atom. The number of carbonyl (C=O) groups excluding carboxylic acids is 2. The highest BCUT2D eigenvalue weighted by molar-refractivity contribution is 6.06. The van der Waals surface area contributed by atoms with Gasteiger partial charge >= 0.3 is 0 Å². The van der Waals surface area contributed by atoms with Crippen molar-refractivity contribution >= 4 is 28.9 Å². The van der Waals surface area contributed by atoms with E-state index in [0.717, 1.165) is 53.4 Å². The first kappa shape index (κ1) is 19.9. The molecule has 0 bridgehead atoms. The molecule has 0 saturated heterocycles. The number of para-hydroxylation sites is 1. The second kappa shape index (κ2) is 9.39. The van der Waals surface area contributed by atoms with Crippen LogP contribution in [-0.2, 0) is 9.59 Å². The van der Waals surface area contributed by atoms with Gasteiger partial charge < -0.3 is 10.3 Å². The molecule has 2 amide bonds. The van der Waals surface area contributed by atoms with Crippen LogP contribution in [0.3, 0.4) is 0 Å². The molecule has 0 atom stereocenters. The van der Waals surface area contributed by atoms with Gasteiger partial charge in [-0.3, -0.25) is 9.59 Å². The van der Waals surface area contributed by atoms with E-state index in [1.165, 1.54) is 6.42 Å². The van der Waals surface area contributed by atoms with Gasteiger partial charge in [-0.2, -0.15) is 5.10 Å². The zero-order chi connectivity index (χ0) is 20.8. The van der Waals surface area contributed by atoms with Crippen LogP contribution in [0, 0.1) is 5.92 Å². The number of fused-ring (bicyclic) bond motifs is 1. The molecule has 3 aromatic rings. The predicted octanol–water partition coefficient (Wildman–Crippen LogP) is 3.98. The van der Waals surface area contributed by atoms with Crippen LogP contribution in [0.5, 0.6) is 0 Å². The van der Waals surface area contributed by atoms with Crippen molar-refractivity contribution in [3.8, 4) is 11.3 Å². The molecule has 1 aliphatic rings. The van der Waals surface area contributed by atoms with E-state index in [9.17, 15) is 9.59 Å². The highest BCUT2D eigenvalue weighted by Gasteiger charge is 2.21. The fraction of sp³-hybridized carbons (Fsp3) is 0.292. The van der Waals surface area contributed by atoms with Crippen LogP contribution in [0.15, 0.2) is 59.7 Å². The van der Waals surface area contributed by atoms with Crippen LogP contribution in [0.25, 0.3) is 22.2 Å². The normalized spacial score (nSPS) is 14.8. The Morgan fingerprint density at radius 3 is 2.53 bits per heavy atom. The largest absolute Gasteiger partial charge is 0.354 e. The van der Waals surface area contributed by atoms with Crippen molar-refractivity contribution < 1.29 is 9.59 Å². The Hall–Kier alpha value is -3.41. The van der Waals surface area contributed by atoms with Crippen LogP contribution in [0.1, 0.15) is 37.7 Å². The maximum Gasteiger partial charge on any atom is 0.259 e. The van der Waals surface area contributed by atoms with Crippen LogP contribution in [0.4, 0.5) is 0 Å². The van der Waals surface area contributed by atoms with E-state index in [0.29, 0.717) is 0 Å². The fourth-order valence-electron chi connectivity index (χ4n) is 4.02. The Labute approximate surface area is 175 Å². The summed E-state index contributed by atoms with van der Waals surface area (Å²) in [5.74, 6) is -0.331. The van der Waals surface area contributed by atoms with E-state index < -0.39 is 0 Å². The molecule has 1 fully saturated rings. The average Bonchev–Trinajstić information content (AvgIpc) is 3.17. The molecule has 1 aromatic heterocycles. The molecule has 0 radical (unpaired) electrons. The number of nitrogens with zero attached hydrogens (tertiary/aromatic N) is 1. The number of carbonyl (C=O) groups is 2. The zero-order valence-electron chi connectivity index (χ0n) is 16.9. The number of hydrogen-bond acceptors (Lipinski definition) is 3. The van der Waals surface area contributed by atoms with Crippen LogP contribution in [-0.4, -0.2) is 29.6 Å². The second-order valence-corrected chi connectivity index (χ2v) is 7.67. The molecule has 2 aromatic carbocycles. The lowest BCUT2D eigenvalue weighted by atomic mass is 9.89. The van der Waals surface area contributed by atoms with Crippen LogP contribution >= 0.6 is 0 Å². The third kappa shape index (κ3) is 4.59. The lowest BCUT2D eigenvalue weighted by Gasteiger charge is -2.20. The van der Waals surface area contributed by atoms with Crippen molar-refractivity contribution in [3.63, 3.8) is 0 Å². The van der Waals surface area contributed by atoms with E-state index in [1.807, 2.05) is 54.6 Å². The molecule has 0 unspecified atom stereocenters. The van der Waals surface area contributed by atoms with Crippen molar-refractivity contribution in [2.45, 2.75) is 32.1 Å². The minimum atomic E-state index is -0.337. The van der Waals surface area contributed by atoms with Gasteiger partial charge in [0.25, 0.3) is 5.91 Å². The molecule has 3 N–H and O–H groups in total. The number of aromatic nitrogens is 1. The van der Waals surface area contributed by atoms with Gasteiger partial charge in [-0.15, -0.1) is 0 Å². The molecule has 4 rings (SSSR count). The fourth-order valence-corrected chi connectivity index (χ4v) is 4.02. The maximum atomic E-state index is 12.2. The van der Waals surface area contributed by atoms with Gasteiger partial charge in [0.05, 0.1) is 18.5 Å². The van der Waals surface area contributed by atoms with Gasteiger partial charge in [0.2, 0.25) is 5.91 Å². The Bertz CT molecular complexity index is 1050. The molecule has 6 heteroatoms. The first-order chi connectivity index (χ1) is 14.7. The number of hydrazone groups is 1.